The monoisotopic (exact) mass is 283 g/mol. The van der Waals surface area contributed by atoms with E-state index in [1.807, 2.05) is 29.9 Å². The highest BCUT2D eigenvalue weighted by molar-refractivity contribution is 6.42. The average molecular weight is 284 g/mol. The summed E-state index contributed by atoms with van der Waals surface area (Å²) < 4.78 is 1.87. The Labute approximate surface area is 117 Å². The predicted octanol–water partition coefficient (Wildman–Crippen LogP) is 3.38. The van der Waals surface area contributed by atoms with Crippen molar-refractivity contribution in [2.24, 2.45) is 5.73 Å². The summed E-state index contributed by atoms with van der Waals surface area (Å²) in [5.74, 6) is 0. The first-order valence-corrected chi connectivity index (χ1v) is 6.58. The molecule has 0 bridgehead atoms. The first kappa shape index (κ1) is 13.4. The largest absolute Gasteiger partial charge is 0.330 e. The number of nitrogens with zero attached hydrogens (tertiary/aromatic N) is 2. The Morgan fingerprint density at radius 2 is 2.06 bits per heavy atom. The summed E-state index contributed by atoms with van der Waals surface area (Å²) in [7, 11) is 0. The van der Waals surface area contributed by atoms with Crippen molar-refractivity contribution in [3.05, 3.63) is 45.7 Å². The quantitative estimate of drug-likeness (QED) is 0.935. The van der Waals surface area contributed by atoms with Crippen LogP contribution in [0.25, 0.3) is 5.69 Å². The van der Waals surface area contributed by atoms with Gasteiger partial charge in [-0.25, -0.2) is 4.68 Å². The van der Waals surface area contributed by atoms with E-state index in [9.17, 15) is 0 Å². The third-order valence-corrected chi connectivity index (χ3v) is 3.65. The van der Waals surface area contributed by atoms with Gasteiger partial charge in [-0.05, 0) is 50.1 Å². The molecule has 1 aromatic heterocycles. The van der Waals surface area contributed by atoms with E-state index in [0.29, 0.717) is 16.6 Å². The van der Waals surface area contributed by atoms with Crippen molar-refractivity contribution in [1.82, 2.24) is 9.78 Å². The van der Waals surface area contributed by atoms with Crippen LogP contribution in [-0.4, -0.2) is 16.3 Å². The van der Waals surface area contributed by atoms with Gasteiger partial charge in [-0.1, -0.05) is 23.2 Å². The molecule has 0 saturated heterocycles. The zero-order valence-electron chi connectivity index (χ0n) is 10.2. The molecule has 96 valence electrons. The van der Waals surface area contributed by atoms with Gasteiger partial charge in [-0.15, -0.1) is 0 Å². The maximum absolute atomic E-state index is 6.02. The first-order chi connectivity index (χ1) is 8.63. The van der Waals surface area contributed by atoms with E-state index in [2.05, 4.69) is 5.10 Å². The first-order valence-electron chi connectivity index (χ1n) is 5.82. The molecule has 0 unspecified atom stereocenters. The molecular weight excluding hydrogens is 269 g/mol. The Morgan fingerprint density at radius 1 is 1.28 bits per heavy atom. The minimum absolute atomic E-state index is 0.535. The molecule has 3 nitrogen and oxygen atoms in total. The molecule has 0 aliphatic carbocycles. The maximum Gasteiger partial charge on any atom is 0.0664 e. The van der Waals surface area contributed by atoms with Crippen LogP contribution in [0.1, 0.15) is 17.7 Å². The van der Waals surface area contributed by atoms with Crippen molar-refractivity contribution in [2.45, 2.75) is 19.8 Å². The second kappa shape index (κ2) is 5.74. The smallest absolute Gasteiger partial charge is 0.0664 e. The van der Waals surface area contributed by atoms with E-state index in [1.165, 1.54) is 5.56 Å². The van der Waals surface area contributed by atoms with Crippen LogP contribution in [0.15, 0.2) is 24.4 Å². The highest BCUT2D eigenvalue weighted by Gasteiger charge is 2.09. The van der Waals surface area contributed by atoms with E-state index in [0.717, 1.165) is 24.2 Å². The Kier molecular flexibility index (Phi) is 4.27. The second-order valence-corrected chi connectivity index (χ2v) is 4.97. The molecule has 5 heteroatoms. The fourth-order valence-electron chi connectivity index (χ4n) is 1.86. The van der Waals surface area contributed by atoms with Gasteiger partial charge in [0.05, 0.1) is 21.9 Å². The van der Waals surface area contributed by atoms with Crippen LogP contribution in [0.3, 0.4) is 0 Å². The van der Waals surface area contributed by atoms with Gasteiger partial charge in [0.1, 0.15) is 0 Å². The third kappa shape index (κ3) is 2.69. The highest BCUT2D eigenvalue weighted by Crippen LogP contribution is 2.25. The zero-order valence-corrected chi connectivity index (χ0v) is 11.7. The van der Waals surface area contributed by atoms with Gasteiger partial charge in [0.25, 0.3) is 0 Å². The maximum atomic E-state index is 6.02. The van der Waals surface area contributed by atoms with Gasteiger partial charge < -0.3 is 5.73 Å². The van der Waals surface area contributed by atoms with E-state index in [1.54, 1.807) is 6.07 Å². The lowest BCUT2D eigenvalue weighted by atomic mass is 10.1. The summed E-state index contributed by atoms with van der Waals surface area (Å²) in [4.78, 5) is 0. The van der Waals surface area contributed by atoms with Crippen molar-refractivity contribution in [3.63, 3.8) is 0 Å². The number of hydrogen-bond acceptors (Lipinski definition) is 2. The second-order valence-electron chi connectivity index (χ2n) is 4.16. The molecule has 0 radical (unpaired) electrons. The van der Waals surface area contributed by atoms with Crippen LogP contribution in [-0.2, 0) is 6.42 Å². The van der Waals surface area contributed by atoms with Crippen LogP contribution in [0.2, 0.25) is 10.0 Å². The zero-order chi connectivity index (χ0) is 13.1. The van der Waals surface area contributed by atoms with E-state index < -0.39 is 0 Å². The molecule has 0 amide bonds. The Balaban J connectivity index is 2.33. The number of benzene rings is 1. The fourth-order valence-corrected chi connectivity index (χ4v) is 2.15. The fraction of sp³-hybridized carbons (Fsp3) is 0.308. The third-order valence-electron chi connectivity index (χ3n) is 2.91. The summed E-state index contributed by atoms with van der Waals surface area (Å²) in [5.41, 5.74) is 8.77. The highest BCUT2D eigenvalue weighted by atomic mass is 35.5. The Hall–Kier alpha value is -1.03. The molecule has 0 spiro atoms. The lowest BCUT2D eigenvalue weighted by Crippen LogP contribution is -2.02. The van der Waals surface area contributed by atoms with Gasteiger partial charge in [-0.3, -0.25) is 0 Å². The SMILES string of the molecule is Cc1c(CCCN)cnn1-c1ccc(Cl)c(Cl)c1. The molecule has 18 heavy (non-hydrogen) atoms. The Morgan fingerprint density at radius 3 is 2.72 bits per heavy atom. The van der Waals surface area contributed by atoms with Crippen LogP contribution < -0.4 is 5.73 Å². The lowest BCUT2D eigenvalue weighted by Gasteiger charge is -2.06. The normalized spacial score (nSPS) is 10.9. The molecule has 1 aromatic carbocycles. The number of hydrogen-bond donors (Lipinski definition) is 1. The van der Waals surface area contributed by atoms with E-state index >= 15 is 0 Å². The molecule has 0 saturated carbocycles. The van der Waals surface area contributed by atoms with Crippen molar-refractivity contribution < 1.29 is 0 Å². The Bertz CT molecular complexity index is 549. The topological polar surface area (TPSA) is 43.8 Å². The van der Waals surface area contributed by atoms with Crippen LogP contribution in [0.4, 0.5) is 0 Å². The molecule has 2 N–H and O–H groups in total. The number of halogens is 2. The molecule has 0 aliphatic rings. The lowest BCUT2D eigenvalue weighted by molar-refractivity contribution is 0.815. The predicted molar refractivity (Wildman–Crippen MR) is 75.7 cm³/mol. The summed E-state index contributed by atoms with van der Waals surface area (Å²) in [6.07, 6.45) is 3.80. The number of aromatic nitrogens is 2. The molecule has 2 rings (SSSR count). The van der Waals surface area contributed by atoms with Crippen molar-refractivity contribution in [2.75, 3.05) is 6.54 Å². The number of nitrogens with two attached hydrogens (primary N) is 1. The summed E-state index contributed by atoms with van der Waals surface area (Å²) in [6.45, 7) is 2.73. The van der Waals surface area contributed by atoms with E-state index in [-0.39, 0.29) is 0 Å². The molecule has 2 aromatic rings. The number of aryl methyl sites for hydroxylation is 1. The van der Waals surface area contributed by atoms with Crippen LogP contribution >= 0.6 is 23.2 Å². The van der Waals surface area contributed by atoms with Gasteiger partial charge in [0, 0.05) is 5.69 Å². The van der Waals surface area contributed by atoms with Gasteiger partial charge in [0.15, 0.2) is 0 Å². The summed E-state index contributed by atoms with van der Waals surface area (Å²) in [6, 6.07) is 5.50. The molecule has 0 fully saturated rings. The van der Waals surface area contributed by atoms with Crippen LogP contribution in [0, 0.1) is 6.92 Å². The van der Waals surface area contributed by atoms with Crippen molar-refractivity contribution >= 4 is 23.2 Å². The molecule has 0 aliphatic heterocycles. The summed E-state index contributed by atoms with van der Waals surface area (Å²) in [5, 5.41) is 5.47. The minimum Gasteiger partial charge on any atom is -0.330 e. The minimum atomic E-state index is 0.535. The standard InChI is InChI=1S/C13H15Cl2N3/c1-9-10(3-2-6-16)8-17-18(9)11-4-5-12(14)13(15)7-11/h4-5,7-8H,2-3,6,16H2,1H3. The summed E-state index contributed by atoms with van der Waals surface area (Å²) >= 11 is 11.9. The molecule has 1 heterocycles. The van der Waals surface area contributed by atoms with Crippen molar-refractivity contribution in [1.29, 1.82) is 0 Å². The van der Waals surface area contributed by atoms with Crippen molar-refractivity contribution in [3.8, 4) is 5.69 Å². The van der Waals surface area contributed by atoms with Crippen LogP contribution in [0.5, 0.6) is 0 Å². The molecule has 0 atom stereocenters. The van der Waals surface area contributed by atoms with Gasteiger partial charge in [0.2, 0.25) is 0 Å². The van der Waals surface area contributed by atoms with Gasteiger partial charge >= 0.3 is 0 Å². The molecular formula is C13H15Cl2N3. The van der Waals surface area contributed by atoms with E-state index in [4.69, 9.17) is 28.9 Å². The number of rotatable bonds is 4. The van der Waals surface area contributed by atoms with Gasteiger partial charge in [-0.2, -0.15) is 5.10 Å². The average Bonchev–Trinajstić information content (AvgIpc) is 2.72.